The molecule has 4 heteroatoms. The molecule has 0 saturated heterocycles. The van der Waals surface area contributed by atoms with Crippen molar-refractivity contribution >= 4 is 33.2 Å². The molecule has 0 aromatic heterocycles. The highest BCUT2D eigenvalue weighted by molar-refractivity contribution is 9.10. The molecule has 0 saturated carbocycles. The van der Waals surface area contributed by atoms with Gasteiger partial charge in [0.05, 0.1) is 6.61 Å². The molecule has 0 radical (unpaired) electrons. The Bertz CT molecular complexity index is 616. The Balaban J connectivity index is 2.12. The van der Waals surface area contributed by atoms with Gasteiger partial charge in [-0.25, -0.2) is 0 Å². The minimum Gasteiger partial charge on any atom is -0.493 e. The molecule has 2 aromatic rings. The van der Waals surface area contributed by atoms with Crippen LogP contribution in [0.1, 0.15) is 24.5 Å². The van der Waals surface area contributed by atoms with Crippen molar-refractivity contribution < 1.29 is 4.74 Å². The van der Waals surface area contributed by atoms with Gasteiger partial charge in [0.2, 0.25) is 0 Å². The van der Waals surface area contributed by atoms with Gasteiger partial charge >= 0.3 is 0 Å². The molecule has 0 spiro atoms. The third-order valence-corrected chi connectivity index (χ3v) is 3.87. The second kappa shape index (κ2) is 7.71. The molecule has 0 atom stereocenters. The number of ether oxygens (including phenoxy) is 1. The second-order valence-electron chi connectivity index (χ2n) is 4.91. The van der Waals surface area contributed by atoms with Gasteiger partial charge in [-0.05, 0) is 55.3 Å². The Morgan fingerprint density at radius 2 is 2.00 bits per heavy atom. The van der Waals surface area contributed by atoms with Gasteiger partial charge in [-0.1, -0.05) is 34.5 Å². The van der Waals surface area contributed by atoms with Gasteiger partial charge in [0, 0.05) is 27.3 Å². The van der Waals surface area contributed by atoms with Crippen LogP contribution < -0.4 is 10.1 Å². The molecular weight excluding hydrogens is 350 g/mol. The summed E-state index contributed by atoms with van der Waals surface area (Å²) in [5, 5.41) is 4.20. The van der Waals surface area contributed by atoms with Crippen LogP contribution in [0.3, 0.4) is 0 Å². The first-order valence-electron chi connectivity index (χ1n) is 7.01. The summed E-state index contributed by atoms with van der Waals surface area (Å²) in [6.07, 6.45) is 0.999. The summed E-state index contributed by atoms with van der Waals surface area (Å²) in [5.74, 6) is 0.930. The Labute approximate surface area is 139 Å². The standard InChI is InChI=1S/C17H19BrClNO/c1-3-8-21-17-7-4-14(18)10-13(17)11-20-16-6-5-15(19)9-12(16)2/h4-7,9-10,20H,3,8,11H2,1-2H3. The van der Waals surface area contributed by atoms with Gasteiger partial charge in [0.15, 0.2) is 0 Å². The molecule has 0 unspecified atom stereocenters. The fourth-order valence-electron chi connectivity index (χ4n) is 2.05. The fraction of sp³-hybridized carbons (Fsp3) is 0.294. The van der Waals surface area contributed by atoms with Crippen LogP contribution in [0.25, 0.3) is 0 Å². The number of aryl methyl sites for hydroxylation is 1. The van der Waals surface area contributed by atoms with Crippen LogP contribution in [0.2, 0.25) is 5.02 Å². The van der Waals surface area contributed by atoms with E-state index in [1.165, 1.54) is 0 Å². The molecule has 21 heavy (non-hydrogen) atoms. The first kappa shape index (κ1) is 16.2. The zero-order valence-corrected chi connectivity index (χ0v) is 14.6. The van der Waals surface area contributed by atoms with Gasteiger partial charge < -0.3 is 10.1 Å². The lowest BCUT2D eigenvalue weighted by Crippen LogP contribution is -2.05. The maximum atomic E-state index is 5.98. The van der Waals surface area contributed by atoms with E-state index in [-0.39, 0.29) is 0 Å². The number of nitrogens with one attached hydrogen (secondary N) is 1. The van der Waals surface area contributed by atoms with E-state index in [1.807, 2.05) is 37.3 Å². The number of rotatable bonds is 6. The molecule has 0 fully saturated rings. The highest BCUT2D eigenvalue weighted by atomic mass is 79.9. The highest BCUT2D eigenvalue weighted by Crippen LogP contribution is 2.26. The maximum Gasteiger partial charge on any atom is 0.124 e. The molecule has 0 aliphatic carbocycles. The van der Waals surface area contributed by atoms with Crippen molar-refractivity contribution in [2.24, 2.45) is 0 Å². The Morgan fingerprint density at radius 3 is 2.71 bits per heavy atom. The first-order chi connectivity index (χ1) is 10.1. The smallest absolute Gasteiger partial charge is 0.124 e. The fourth-order valence-corrected chi connectivity index (χ4v) is 2.69. The van der Waals surface area contributed by atoms with Gasteiger partial charge in [0.1, 0.15) is 5.75 Å². The average Bonchev–Trinajstić information content (AvgIpc) is 2.45. The van der Waals surface area contributed by atoms with Crippen molar-refractivity contribution in [3.05, 3.63) is 57.0 Å². The van der Waals surface area contributed by atoms with Crippen molar-refractivity contribution in [3.8, 4) is 5.75 Å². The summed E-state index contributed by atoms with van der Waals surface area (Å²) in [4.78, 5) is 0. The van der Waals surface area contributed by atoms with E-state index in [0.29, 0.717) is 6.54 Å². The largest absolute Gasteiger partial charge is 0.493 e. The number of hydrogen-bond donors (Lipinski definition) is 1. The molecule has 0 bridgehead atoms. The Hall–Kier alpha value is -1.19. The minimum atomic E-state index is 0.709. The zero-order chi connectivity index (χ0) is 15.2. The summed E-state index contributed by atoms with van der Waals surface area (Å²) < 4.78 is 6.85. The summed E-state index contributed by atoms with van der Waals surface area (Å²) in [7, 11) is 0. The van der Waals surface area contributed by atoms with Crippen molar-refractivity contribution in [2.75, 3.05) is 11.9 Å². The van der Waals surface area contributed by atoms with Gasteiger partial charge in [-0.3, -0.25) is 0 Å². The lowest BCUT2D eigenvalue weighted by Gasteiger charge is -2.14. The van der Waals surface area contributed by atoms with Crippen molar-refractivity contribution in [1.82, 2.24) is 0 Å². The van der Waals surface area contributed by atoms with Crippen molar-refractivity contribution in [1.29, 1.82) is 0 Å². The molecule has 2 aromatic carbocycles. The van der Waals surface area contributed by atoms with Crippen LogP contribution in [-0.4, -0.2) is 6.61 Å². The molecule has 2 rings (SSSR count). The molecule has 1 N–H and O–H groups in total. The lowest BCUT2D eigenvalue weighted by atomic mass is 10.1. The van der Waals surface area contributed by atoms with Gasteiger partial charge in [-0.15, -0.1) is 0 Å². The SMILES string of the molecule is CCCOc1ccc(Br)cc1CNc1ccc(Cl)cc1C. The van der Waals surface area contributed by atoms with Crippen LogP contribution in [0.4, 0.5) is 5.69 Å². The summed E-state index contributed by atoms with van der Waals surface area (Å²) in [6, 6.07) is 11.9. The van der Waals surface area contributed by atoms with E-state index >= 15 is 0 Å². The van der Waals surface area contributed by atoms with Crippen LogP contribution in [-0.2, 0) is 6.54 Å². The minimum absolute atomic E-state index is 0.709. The zero-order valence-electron chi connectivity index (χ0n) is 12.2. The molecule has 0 heterocycles. The number of halogens is 2. The lowest BCUT2D eigenvalue weighted by molar-refractivity contribution is 0.314. The summed E-state index contributed by atoms with van der Waals surface area (Å²) in [5.41, 5.74) is 3.35. The number of hydrogen-bond acceptors (Lipinski definition) is 2. The third kappa shape index (κ3) is 4.65. The van der Waals surface area contributed by atoms with Crippen LogP contribution in [0.15, 0.2) is 40.9 Å². The third-order valence-electron chi connectivity index (χ3n) is 3.14. The van der Waals surface area contributed by atoms with E-state index in [1.54, 1.807) is 0 Å². The average molecular weight is 369 g/mol. The molecule has 0 aliphatic rings. The van der Waals surface area contributed by atoms with E-state index in [4.69, 9.17) is 16.3 Å². The van der Waals surface area contributed by atoms with E-state index in [2.05, 4.69) is 34.2 Å². The number of benzene rings is 2. The Kier molecular flexibility index (Phi) is 5.95. The number of anilines is 1. The van der Waals surface area contributed by atoms with Gasteiger partial charge in [-0.2, -0.15) is 0 Å². The predicted octanol–water partition coefficient (Wildman–Crippen LogP) is 5.81. The first-order valence-corrected chi connectivity index (χ1v) is 8.18. The summed E-state index contributed by atoms with van der Waals surface area (Å²) >= 11 is 9.50. The van der Waals surface area contributed by atoms with Crippen LogP contribution >= 0.6 is 27.5 Å². The maximum absolute atomic E-state index is 5.98. The van der Waals surface area contributed by atoms with Crippen molar-refractivity contribution in [2.45, 2.75) is 26.8 Å². The van der Waals surface area contributed by atoms with Crippen molar-refractivity contribution in [3.63, 3.8) is 0 Å². The predicted molar refractivity (Wildman–Crippen MR) is 93.4 cm³/mol. The molecule has 0 aliphatic heterocycles. The molecule has 0 amide bonds. The van der Waals surface area contributed by atoms with Crippen LogP contribution in [0.5, 0.6) is 5.75 Å². The quantitative estimate of drug-likeness (QED) is 0.694. The molecule has 112 valence electrons. The highest BCUT2D eigenvalue weighted by Gasteiger charge is 2.06. The molecule has 2 nitrogen and oxygen atoms in total. The normalized spacial score (nSPS) is 10.5. The van der Waals surface area contributed by atoms with E-state index in [9.17, 15) is 0 Å². The summed E-state index contributed by atoms with van der Waals surface area (Å²) in [6.45, 7) is 5.59. The van der Waals surface area contributed by atoms with E-state index < -0.39 is 0 Å². The van der Waals surface area contributed by atoms with Crippen LogP contribution in [0, 0.1) is 6.92 Å². The second-order valence-corrected chi connectivity index (χ2v) is 6.27. The van der Waals surface area contributed by atoms with Gasteiger partial charge in [0.25, 0.3) is 0 Å². The molecular formula is C17H19BrClNO. The Morgan fingerprint density at radius 1 is 1.19 bits per heavy atom. The topological polar surface area (TPSA) is 21.3 Å². The van der Waals surface area contributed by atoms with E-state index in [0.717, 1.165) is 45.1 Å². The monoisotopic (exact) mass is 367 g/mol.